The number of alkyl carbamates (subject to hydrolysis) is 1. The molecule has 0 saturated carbocycles. The number of halogens is 1. The zero-order valence-electron chi connectivity index (χ0n) is 13.5. The fourth-order valence-electron chi connectivity index (χ4n) is 2.21. The first-order valence-electron chi connectivity index (χ1n) is 7.63. The van der Waals surface area contributed by atoms with E-state index in [0.717, 1.165) is 11.6 Å². The number of carbonyl (C=O) groups is 1. The molecule has 0 aliphatic heterocycles. The molecule has 8 nitrogen and oxygen atoms in total. The van der Waals surface area contributed by atoms with E-state index in [1.807, 2.05) is 6.07 Å². The minimum Gasteiger partial charge on any atom is -0.445 e. The number of aliphatic hydroxyl groups excluding tert-OH is 2. The molecule has 26 heavy (non-hydrogen) atoms. The maximum Gasteiger partial charge on any atom is 0.407 e. The van der Waals surface area contributed by atoms with Crippen LogP contribution in [-0.2, 0) is 11.3 Å². The first-order valence-corrected chi connectivity index (χ1v) is 8.01. The lowest BCUT2D eigenvalue weighted by atomic mass is 10.0. The van der Waals surface area contributed by atoms with Gasteiger partial charge in [-0.25, -0.2) is 4.79 Å². The second-order valence-corrected chi connectivity index (χ2v) is 5.85. The standard InChI is InChI=1S/C17H17ClN2O6/c18-12-6-7-14(20(24)25)13(8-12)16(22)15(21)9-19-17(23)26-10-11-4-2-1-3-5-11/h1-8,15-16,21-22H,9-10H2,(H,19,23). The minimum absolute atomic E-state index is 0.0467. The predicted octanol–water partition coefficient (Wildman–Crippen LogP) is 2.57. The van der Waals surface area contributed by atoms with Crippen molar-refractivity contribution in [2.24, 2.45) is 0 Å². The third-order valence-corrected chi connectivity index (χ3v) is 3.77. The number of hydrogen-bond acceptors (Lipinski definition) is 6. The number of nitrogens with zero attached hydrogens (tertiary/aromatic N) is 1. The maximum atomic E-state index is 11.7. The van der Waals surface area contributed by atoms with E-state index in [4.69, 9.17) is 16.3 Å². The van der Waals surface area contributed by atoms with Crippen molar-refractivity contribution in [3.05, 3.63) is 74.8 Å². The Hall–Kier alpha value is -2.68. The van der Waals surface area contributed by atoms with Gasteiger partial charge in [0.1, 0.15) is 18.8 Å². The van der Waals surface area contributed by atoms with E-state index < -0.39 is 23.2 Å². The fraction of sp³-hybridized carbons (Fsp3) is 0.235. The summed E-state index contributed by atoms with van der Waals surface area (Å²) in [4.78, 5) is 22.0. The number of amides is 1. The second kappa shape index (κ2) is 9.14. The Morgan fingerprint density at radius 3 is 2.58 bits per heavy atom. The molecular formula is C17H17ClN2O6. The van der Waals surface area contributed by atoms with Crippen LogP contribution in [0.1, 0.15) is 17.2 Å². The van der Waals surface area contributed by atoms with E-state index in [0.29, 0.717) is 0 Å². The van der Waals surface area contributed by atoms with Crippen LogP contribution in [0.15, 0.2) is 48.5 Å². The number of nitro groups is 1. The van der Waals surface area contributed by atoms with E-state index >= 15 is 0 Å². The largest absolute Gasteiger partial charge is 0.445 e. The molecular weight excluding hydrogens is 364 g/mol. The van der Waals surface area contributed by atoms with E-state index in [1.54, 1.807) is 24.3 Å². The Morgan fingerprint density at radius 1 is 1.23 bits per heavy atom. The third kappa shape index (κ3) is 5.41. The van der Waals surface area contributed by atoms with Crippen molar-refractivity contribution in [1.82, 2.24) is 5.32 Å². The summed E-state index contributed by atoms with van der Waals surface area (Å²) in [5, 5.41) is 33.7. The number of carbonyl (C=O) groups excluding carboxylic acids is 1. The summed E-state index contributed by atoms with van der Waals surface area (Å²) in [5.74, 6) is 0. The van der Waals surface area contributed by atoms with Crippen LogP contribution < -0.4 is 5.32 Å². The number of nitro benzene ring substituents is 1. The zero-order valence-corrected chi connectivity index (χ0v) is 14.3. The number of nitrogens with one attached hydrogen (secondary N) is 1. The highest BCUT2D eigenvalue weighted by Gasteiger charge is 2.27. The molecule has 1 amide bonds. The monoisotopic (exact) mass is 380 g/mol. The normalized spacial score (nSPS) is 12.9. The average molecular weight is 381 g/mol. The van der Waals surface area contributed by atoms with Crippen LogP contribution in [0.3, 0.4) is 0 Å². The van der Waals surface area contributed by atoms with E-state index in [-0.39, 0.29) is 29.4 Å². The topological polar surface area (TPSA) is 122 Å². The van der Waals surface area contributed by atoms with Gasteiger partial charge in [0.25, 0.3) is 5.69 Å². The Morgan fingerprint density at radius 2 is 1.92 bits per heavy atom. The molecule has 0 spiro atoms. The van der Waals surface area contributed by atoms with Gasteiger partial charge in [0, 0.05) is 17.6 Å². The van der Waals surface area contributed by atoms with Crippen molar-refractivity contribution in [2.75, 3.05) is 6.54 Å². The minimum atomic E-state index is -1.61. The van der Waals surface area contributed by atoms with Crippen LogP contribution in [-0.4, -0.2) is 33.9 Å². The summed E-state index contributed by atoms with van der Waals surface area (Å²) in [6, 6.07) is 12.6. The van der Waals surface area contributed by atoms with Crippen LogP contribution in [0, 0.1) is 10.1 Å². The Bertz CT molecular complexity index is 771. The Labute approximate surface area is 154 Å². The van der Waals surface area contributed by atoms with Gasteiger partial charge in [-0.15, -0.1) is 0 Å². The van der Waals surface area contributed by atoms with Gasteiger partial charge in [-0.2, -0.15) is 0 Å². The summed E-state index contributed by atoms with van der Waals surface area (Å²) < 4.78 is 4.97. The van der Waals surface area contributed by atoms with Crippen molar-refractivity contribution >= 4 is 23.4 Å². The van der Waals surface area contributed by atoms with Gasteiger partial charge in [-0.1, -0.05) is 41.9 Å². The third-order valence-electron chi connectivity index (χ3n) is 3.54. The molecule has 0 bridgehead atoms. The van der Waals surface area contributed by atoms with Gasteiger partial charge in [-0.05, 0) is 17.7 Å². The number of benzene rings is 2. The van der Waals surface area contributed by atoms with Gasteiger partial charge in [0.15, 0.2) is 0 Å². The highest BCUT2D eigenvalue weighted by molar-refractivity contribution is 6.30. The van der Waals surface area contributed by atoms with E-state index in [9.17, 15) is 25.1 Å². The van der Waals surface area contributed by atoms with Crippen molar-refractivity contribution < 1.29 is 24.7 Å². The number of ether oxygens (including phenoxy) is 1. The van der Waals surface area contributed by atoms with Crippen LogP contribution in [0.2, 0.25) is 5.02 Å². The smallest absolute Gasteiger partial charge is 0.407 e. The van der Waals surface area contributed by atoms with Crippen molar-refractivity contribution in [2.45, 2.75) is 18.8 Å². The summed E-state index contributed by atoms with van der Waals surface area (Å²) in [6.07, 6.45) is -3.89. The van der Waals surface area contributed by atoms with Gasteiger partial charge in [0.05, 0.1) is 10.5 Å². The quantitative estimate of drug-likeness (QED) is 0.501. The molecule has 138 valence electrons. The van der Waals surface area contributed by atoms with Crippen LogP contribution >= 0.6 is 11.6 Å². The molecule has 0 fully saturated rings. The molecule has 2 aromatic rings. The van der Waals surface area contributed by atoms with Gasteiger partial charge < -0.3 is 20.3 Å². The SMILES string of the molecule is O=C(NCC(O)C(O)c1cc(Cl)ccc1[N+](=O)[O-])OCc1ccccc1. The highest BCUT2D eigenvalue weighted by Crippen LogP contribution is 2.29. The molecule has 9 heteroatoms. The molecule has 2 rings (SSSR count). The molecule has 0 radical (unpaired) electrons. The van der Waals surface area contributed by atoms with Crippen molar-refractivity contribution in [3.63, 3.8) is 0 Å². The lowest BCUT2D eigenvalue weighted by Crippen LogP contribution is -2.36. The first-order chi connectivity index (χ1) is 12.4. The van der Waals surface area contributed by atoms with Gasteiger partial charge in [0.2, 0.25) is 0 Å². The summed E-state index contributed by atoms with van der Waals surface area (Å²) >= 11 is 5.79. The van der Waals surface area contributed by atoms with Crippen LogP contribution in [0.4, 0.5) is 10.5 Å². The van der Waals surface area contributed by atoms with Crippen LogP contribution in [0.5, 0.6) is 0 Å². The molecule has 0 aliphatic carbocycles. The average Bonchev–Trinajstić information content (AvgIpc) is 2.64. The van der Waals surface area contributed by atoms with Gasteiger partial charge in [-0.3, -0.25) is 10.1 Å². The first kappa shape index (κ1) is 19.6. The zero-order chi connectivity index (χ0) is 19.1. The lowest BCUT2D eigenvalue weighted by Gasteiger charge is -2.18. The number of rotatable bonds is 7. The molecule has 0 aromatic heterocycles. The molecule has 3 N–H and O–H groups in total. The Kier molecular flexibility index (Phi) is 6.90. The predicted molar refractivity (Wildman–Crippen MR) is 93.7 cm³/mol. The van der Waals surface area contributed by atoms with Crippen molar-refractivity contribution in [1.29, 1.82) is 0 Å². The van der Waals surface area contributed by atoms with Crippen molar-refractivity contribution in [3.8, 4) is 0 Å². The number of aliphatic hydroxyl groups is 2. The molecule has 2 aromatic carbocycles. The van der Waals surface area contributed by atoms with E-state index in [1.165, 1.54) is 12.1 Å². The molecule has 0 heterocycles. The molecule has 2 unspecified atom stereocenters. The van der Waals surface area contributed by atoms with Gasteiger partial charge >= 0.3 is 6.09 Å². The highest BCUT2D eigenvalue weighted by atomic mass is 35.5. The summed E-state index contributed by atoms with van der Waals surface area (Å²) in [6.45, 7) is -0.316. The number of hydrogen-bond donors (Lipinski definition) is 3. The summed E-state index contributed by atoms with van der Waals surface area (Å²) in [7, 11) is 0. The molecule has 0 aliphatic rings. The fourth-order valence-corrected chi connectivity index (χ4v) is 2.39. The molecule has 2 atom stereocenters. The Balaban J connectivity index is 1.91. The second-order valence-electron chi connectivity index (χ2n) is 5.42. The van der Waals surface area contributed by atoms with Crippen LogP contribution in [0.25, 0.3) is 0 Å². The lowest BCUT2D eigenvalue weighted by molar-refractivity contribution is -0.386. The van der Waals surface area contributed by atoms with E-state index in [2.05, 4.69) is 5.32 Å². The maximum absolute atomic E-state index is 11.7. The summed E-state index contributed by atoms with van der Waals surface area (Å²) in [5.41, 5.74) is 0.264. The molecule has 0 saturated heterocycles.